The Balaban J connectivity index is 1.57. The number of hydrogen-bond acceptors (Lipinski definition) is 3. The summed E-state index contributed by atoms with van der Waals surface area (Å²) < 4.78 is 13.5. The van der Waals surface area contributed by atoms with Crippen LogP contribution in [-0.4, -0.2) is 32.0 Å². The number of carbonyl (C=O) groups is 1. The lowest BCUT2D eigenvalue weighted by molar-refractivity contribution is -0.117. The summed E-state index contributed by atoms with van der Waals surface area (Å²) in [4.78, 5) is 14.0. The smallest absolute Gasteiger partial charge is 0.127 e. The number of halogens is 1. The first-order chi connectivity index (χ1) is 11.7. The lowest BCUT2D eigenvalue weighted by Crippen LogP contribution is -2.46. The summed E-state index contributed by atoms with van der Waals surface area (Å²) >= 11 is 0. The van der Waals surface area contributed by atoms with Gasteiger partial charge in [0.1, 0.15) is 12.1 Å². The van der Waals surface area contributed by atoms with Crippen molar-refractivity contribution in [3.8, 4) is 0 Å². The molecule has 0 amide bonds. The maximum Gasteiger partial charge on any atom is 0.127 e. The van der Waals surface area contributed by atoms with Crippen molar-refractivity contribution in [3.05, 3.63) is 30.1 Å². The van der Waals surface area contributed by atoms with E-state index in [4.69, 9.17) is 0 Å². The van der Waals surface area contributed by atoms with E-state index < -0.39 is 0 Å². The number of aldehydes is 1. The molecule has 1 atom stereocenters. The van der Waals surface area contributed by atoms with Crippen molar-refractivity contribution < 1.29 is 9.18 Å². The van der Waals surface area contributed by atoms with Crippen molar-refractivity contribution in [2.24, 2.45) is 5.41 Å². The number of anilines is 1. The maximum absolute atomic E-state index is 13.5. The molecule has 0 radical (unpaired) electrons. The first-order valence-corrected chi connectivity index (χ1v) is 9.41. The van der Waals surface area contributed by atoms with E-state index in [1.54, 1.807) is 12.1 Å². The van der Waals surface area contributed by atoms with E-state index in [1.165, 1.54) is 38.2 Å². The molecule has 132 valence electrons. The highest BCUT2D eigenvalue weighted by Crippen LogP contribution is 2.34. The number of benzene rings is 1. The summed E-state index contributed by atoms with van der Waals surface area (Å²) in [6.07, 6.45) is 10.5. The van der Waals surface area contributed by atoms with E-state index in [0.29, 0.717) is 12.6 Å². The van der Waals surface area contributed by atoms with E-state index in [-0.39, 0.29) is 11.2 Å². The number of carbonyl (C=O) groups excluding carboxylic acids is 1. The van der Waals surface area contributed by atoms with E-state index in [2.05, 4.69) is 10.2 Å². The Bertz CT molecular complexity index is 544. The molecule has 3 nitrogen and oxygen atoms in total. The van der Waals surface area contributed by atoms with Crippen LogP contribution in [0.3, 0.4) is 0 Å². The third-order valence-electron chi connectivity index (χ3n) is 5.69. The Morgan fingerprint density at radius 3 is 2.83 bits per heavy atom. The molecule has 3 rings (SSSR count). The summed E-state index contributed by atoms with van der Waals surface area (Å²) in [7, 11) is 0. The van der Waals surface area contributed by atoms with E-state index >= 15 is 0 Å². The second-order valence-electron chi connectivity index (χ2n) is 7.52. The van der Waals surface area contributed by atoms with Gasteiger partial charge in [0.15, 0.2) is 0 Å². The molecule has 0 aromatic heterocycles. The molecule has 1 aliphatic carbocycles. The molecule has 1 heterocycles. The number of piperidine rings is 1. The minimum Gasteiger partial charge on any atom is -0.370 e. The molecule has 1 saturated carbocycles. The second-order valence-corrected chi connectivity index (χ2v) is 7.52. The molecule has 0 spiro atoms. The van der Waals surface area contributed by atoms with E-state index in [1.807, 2.05) is 6.07 Å². The lowest BCUT2D eigenvalue weighted by Gasteiger charge is -2.41. The summed E-state index contributed by atoms with van der Waals surface area (Å²) in [5.41, 5.74) is 0.591. The third-order valence-corrected chi connectivity index (χ3v) is 5.69. The van der Waals surface area contributed by atoms with Crippen molar-refractivity contribution in [2.45, 2.75) is 57.4 Å². The van der Waals surface area contributed by atoms with Crippen LogP contribution in [0.4, 0.5) is 10.1 Å². The van der Waals surface area contributed by atoms with Crippen LogP contribution in [0.25, 0.3) is 0 Å². The van der Waals surface area contributed by atoms with Gasteiger partial charge in [0, 0.05) is 30.2 Å². The summed E-state index contributed by atoms with van der Waals surface area (Å²) in [6, 6.07) is 7.34. The molecule has 2 aliphatic rings. The SMILES string of the molecule is O=CC1(CCNC2CCCCC2)CCCN(c2cccc(F)c2)C1. The van der Waals surface area contributed by atoms with Gasteiger partial charge in [-0.15, -0.1) is 0 Å². The Morgan fingerprint density at radius 2 is 2.08 bits per heavy atom. The number of nitrogens with one attached hydrogen (secondary N) is 1. The second kappa shape index (κ2) is 8.11. The lowest BCUT2D eigenvalue weighted by atomic mass is 9.78. The van der Waals surface area contributed by atoms with Gasteiger partial charge in [-0.1, -0.05) is 25.3 Å². The summed E-state index contributed by atoms with van der Waals surface area (Å²) in [5, 5.41) is 3.65. The number of nitrogens with zero attached hydrogens (tertiary/aromatic N) is 1. The molecule has 1 unspecified atom stereocenters. The largest absolute Gasteiger partial charge is 0.370 e. The van der Waals surface area contributed by atoms with Crippen molar-refractivity contribution in [3.63, 3.8) is 0 Å². The molecule has 1 aliphatic heterocycles. The number of rotatable bonds is 6. The number of hydrogen-bond donors (Lipinski definition) is 1. The van der Waals surface area contributed by atoms with Crippen LogP contribution in [0, 0.1) is 11.2 Å². The third kappa shape index (κ3) is 4.35. The van der Waals surface area contributed by atoms with Crippen molar-refractivity contribution in [1.82, 2.24) is 5.32 Å². The normalized spacial score (nSPS) is 25.6. The highest BCUT2D eigenvalue weighted by atomic mass is 19.1. The van der Waals surface area contributed by atoms with Gasteiger partial charge in [0.2, 0.25) is 0 Å². The first-order valence-electron chi connectivity index (χ1n) is 9.41. The molecule has 4 heteroatoms. The topological polar surface area (TPSA) is 32.3 Å². The molecule has 2 fully saturated rings. The first kappa shape index (κ1) is 17.4. The van der Waals surface area contributed by atoms with Crippen molar-refractivity contribution >= 4 is 12.0 Å². The van der Waals surface area contributed by atoms with E-state index in [0.717, 1.165) is 44.3 Å². The fourth-order valence-electron chi connectivity index (χ4n) is 4.24. The molecule has 1 aromatic carbocycles. The molecule has 1 N–H and O–H groups in total. The van der Waals surface area contributed by atoms with Crippen LogP contribution in [0.1, 0.15) is 51.4 Å². The molecular formula is C20H29FN2O. The Morgan fingerprint density at radius 1 is 1.25 bits per heavy atom. The van der Waals surface area contributed by atoms with Crippen molar-refractivity contribution in [2.75, 3.05) is 24.5 Å². The van der Waals surface area contributed by atoms with Crippen LogP contribution >= 0.6 is 0 Å². The van der Waals surface area contributed by atoms with Gasteiger partial charge in [-0.05, 0) is 56.8 Å². The van der Waals surface area contributed by atoms with E-state index in [9.17, 15) is 9.18 Å². The van der Waals surface area contributed by atoms with Crippen molar-refractivity contribution in [1.29, 1.82) is 0 Å². The molecule has 24 heavy (non-hydrogen) atoms. The van der Waals surface area contributed by atoms with Crippen LogP contribution in [0.5, 0.6) is 0 Å². The standard InChI is InChI=1S/C20H29FN2O/c21-17-6-4-9-19(14-17)23-13-5-10-20(15-23,16-24)11-12-22-18-7-2-1-3-8-18/h4,6,9,14,16,18,22H,1-3,5,7-8,10-13,15H2. The van der Waals surface area contributed by atoms with Gasteiger partial charge in [-0.2, -0.15) is 0 Å². The van der Waals surface area contributed by atoms with Crippen LogP contribution in [0.15, 0.2) is 24.3 Å². The Labute approximate surface area is 144 Å². The fourth-order valence-corrected chi connectivity index (χ4v) is 4.24. The maximum atomic E-state index is 13.5. The highest BCUT2D eigenvalue weighted by Gasteiger charge is 2.35. The minimum absolute atomic E-state index is 0.214. The van der Waals surface area contributed by atoms with Crippen LogP contribution < -0.4 is 10.2 Å². The van der Waals surface area contributed by atoms with Gasteiger partial charge < -0.3 is 15.0 Å². The monoisotopic (exact) mass is 332 g/mol. The minimum atomic E-state index is -0.299. The highest BCUT2D eigenvalue weighted by molar-refractivity contribution is 5.62. The fraction of sp³-hybridized carbons (Fsp3) is 0.650. The zero-order valence-electron chi connectivity index (χ0n) is 14.5. The quantitative estimate of drug-likeness (QED) is 0.801. The summed E-state index contributed by atoms with van der Waals surface area (Å²) in [5.74, 6) is -0.214. The molecule has 0 bridgehead atoms. The Hall–Kier alpha value is -1.42. The zero-order valence-corrected chi connectivity index (χ0v) is 14.5. The average Bonchev–Trinajstić information content (AvgIpc) is 2.63. The van der Waals surface area contributed by atoms with Gasteiger partial charge in [-0.25, -0.2) is 4.39 Å². The molecule has 1 aromatic rings. The summed E-state index contributed by atoms with van der Waals surface area (Å²) in [6.45, 7) is 2.50. The molecule has 1 saturated heterocycles. The average molecular weight is 332 g/mol. The van der Waals surface area contributed by atoms with Crippen LogP contribution in [0.2, 0.25) is 0 Å². The predicted molar refractivity (Wildman–Crippen MR) is 95.8 cm³/mol. The predicted octanol–water partition coefficient (Wildman–Crippen LogP) is 3.92. The Kier molecular flexibility index (Phi) is 5.88. The molecular weight excluding hydrogens is 303 g/mol. The van der Waals surface area contributed by atoms with Gasteiger partial charge in [-0.3, -0.25) is 0 Å². The van der Waals surface area contributed by atoms with Crippen LogP contribution in [-0.2, 0) is 4.79 Å². The van der Waals surface area contributed by atoms with Gasteiger partial charge in [0.25, 0.3) is 0 Å². The van der Waals surface area contributed by atoms with Gasteiger partial charge >= 0.3 is 0 Å². The zero-order chi connectivity index (χ0) is 16.8. The van der Waals surface area contributed by atoms with Gasteiger partial charge in [0.05, 0.1) is 0 Å².